The van der Waals surface area contributed by atoms with Crippen LogP contribution in [0.4, 0.5) is 5.69 Å². The number of carbonyl (C=O) groups is 3. The number of benzene rings is 2. The summed E-state index contributed by atoms with van der Waals surface area (Å²) in [7, 11) is 0. The van der Waals surface area contributed by atoms with Crippen LogP contribution in [0.2, 0.25) is 0 Å². The van der Waals surface area contributed by atoms with Gasteiger partial charge in [-0.3, -0.25) is 14.4 Å². The van der Waals surface area contributed by atoms with Gasteiger partial charge in [-0.05, 0) is 36.6 Å². The summed E-state index contributed by atoms with van der Waals surface area (Å²) in [5, 5.41) is 5.18. The van der Waals surface area contributed by atoms with E-state index < -0.39 is 18.5 Å². The zero-order valence-corrected chi connectivity index (χ0v) is 16.7. The number of nitrogens with one attached hydrogen (secondary N) is 2. The quantitative estimate of drug-likeness (QED) is 0.600. The van der Waals surface area contributed by atoms with E-state index in [1.165, 1.54) is 0 Å². The van der Waals surface area contributed by atoms with E-state index in [9.17, 15) is 14.4 Å². The van der Waals surface area contributed by atoms with Crippen LogP contribution in [0.5, 0.6) is 5.75 Å². The van der Waals surface area contributed by atoms with Crippen molar-refractivity contribution < 1.29 is 23.9 Å². The third-order valence-corrected chi connectivity index (χ3v) is 4.14. The molecule has 29 heavy (non-hydrogen) atoms. The molecule has 0 radical (unpaired) electrons. The fraction of sp³-hybridized carbons (Fsp3) is 0.318. The minimum absolute atomic E-state index is 0.0237. The van der Waals surface area contributed by atoms with Crippen molar-refractivity contribution in [3.05, 3.63) is 59.7 Å². The third kappa shape index (κ3) is 7.65. The lowest BCUT2D eigenvalue weighted by atomic mass is 10.1. The molecule has 0 unspecified atom stereocenters. The van der Waals surface area contributed by atoms with E-state index in [2.05, 4.69) is 10.6 Å². The van der Waals surface area contributed by atoms with Crippen molar-refractivity contribution >= 4 is 23.5 Å². The van der Waals surface area contributed by atoms with Crippen LogP contribution in [0.15, 0.2) is 48.5 Å². The van der Waals surface area contributed by atoms with Gasteiger partial charge in [0.15, 0.2) is 6.61 Å². The summed E-state index contributed by atoms with van der Waals surface area (Å²) in [4.78, 5) is 35.5. The number of para-hydroxylation sites is 2. The summed E-state index contributed by atoms with van der Waals surface area (Å²) in [5.41, 5.74) is 2.70. The van der Waals surface area contributed by atoms with Crippen LogP contribution >= 0.6 is 0 Å². The van der Waals surface area contributed by atoms with E-state index in [4.69, 9.17) is 9.47 Å². The molecule has 0 heterocycles. The van der Waals surface area contributed by atoms with Gasteiger partial charge in [-0.25, -0.2) is 0 Å². The second kappa shape index (κ2) is 11.5. The van der Waals surface area contributed by atoms with E-state index in [1.54, 1.807) is 6.07 Å². The average molecular weight is 398 g/mol. The Morgan fingerprint density at radius 1 is 0.966 bits per heavy atom. The molecule has 2 N–H and O–H groups in total. The molecule has 0 atom stereocenters. The molecule has 0 saturated carbocycles. The fourth-order valence-corrected chi connectivity index (χ4v) is 2.56. The molecule has 0 fully saturated rings. The largest absolute Gasteiger partial charge is 0.493 e. The number of esters is 1. The molecule has 7 nitrogen and oxygen atoms in total. The first kappa shape index (κ1) is 21.9. The van der Waals surface area contributed by atoms with Crippen molar-refractivity contribution in [2.45, 2.75) is 26.7 Å². The van der Waals surface area contributed by atoms with E-state index in [1.807, 2.05) is 56.3 Å². The summed E-state index contributed by atoms with van der Waals surface area (Å²) >= 11 is 0. The Morgan fingerprint density at radius 2 is 1.69 bits per heavy atom. The highest BCUT2D eigenvalue weighted by atomic mass is 16.5. The first-order valence-corrected chi connectivity index (χ1v) is 9.48. The Kier molecular flexibility index (Phi) is 8.69. The highest BCUT2D eigenvalue weighted by Crippen LogP contribution is 2.16. The molecule has 7 heteroatoms. The van der Waals surface area contributed by atoms with Crippen LogP contribution in [-0.2, 0) is 25.5 Å². The van der Waals surface area contributed by atoms with Gasteiger partial charge in [0.2, 0.25) is 5.91 Å². The van der Waals surface area contributed by atoms with Gasteiger partial charge in [-0.15, -0.1) is 0 Å². The maximum Gasteiger partial charge on any atom is 0.309 e. The summed E-state index contributed by atoms with van der Waals surface area (Å²) in [5.74, 6) is -0.738. The van der Waals surface area contributed by atoms with Gasteiger partial charge in [0, 0.05) is 5.69 Å². The Bertz CT molecular complexity index is 851. The average Bonchev–Trinajstić information content (AvgIpc) is 2.72. The highest BCUT2D eigenvalue weighted by Gasteiger charge is 2.11. The Labute approximate surface area is 170 Å². The van der Waals surface area contributed by atoms with Crippen LogP contribution in [0, 0.1) is 6.92 Å². The summed E-state index contributed by atoms with van der Waals surface area (Å²) < 4.78 is 10.4. The first-order chi connectivity index (χ1) is 14.0. The summed E-state index contributed by atoms with van der Waals surface area (Å²) in [6.45, 7) is 3.42. The molecule has 2 aromatic carbocycles. The number of anilines is 1. The molecule has 2 amide bonds. The number of hydrogen-bond acceptors (Lipinski definition) is 5. The highest BCUT2D eigenvalue weighted by molar-refractivity contribution is 5.95. The van der Waals surface area contributed by atoms with Crippen molar-refractivity contribution in [3.63, 3.8) is 0 Å². The molecule has 2 rings (SSSR count). The number of ether oxygens (including phenoxy) is 2. The van der Waals surface area contributed by atoms with Gasteiger partial charge in [0.05, 0.1) is 19.6 Å². The van der Waals surface area contributed by atoms with Gasteiger partial charge in [0.25, 0.3) is 5.91 Å². The molecule has 0 saturated heterocycles. The van der Waals surface area contributed by atoms with Crippen molar-refractivity contribution in [2.75, 3.05) is 25.1 Å². The smallest absolute Gasteiger partial charge is 0.309 e. The molecular formula is C22H26N2O5. The standard InChI is InChI=1S/C22H26N2O5/c1-3-17-9-5-6-10-18(17)24-20(25)14-23-21(26)15-29-22(27)12-13-28-19-11-7-4-8-16(19)2/h4-11H,3,12-15H2,1-2H3,(H,23,26)(H,24,25). The van der Waals surface area contributed by atoms with E-state index >= 15 is 0 Å². The molecule has 0 bridgehead atoms. The minimum atomic E-state index is -0.546. The topological polar surface area (TPSA) is 93.7 Å². The van der Waals surface area contributed by atoms with Crippen LogP contribution < -0.4 is 15.4 Å². The van der Waals surface area contributed by atoms with Crippen molar-refractivity contribution in [2.24, 2.45) is 0 Å². The Balaban J connectivity index is 1.63. The number of carbonyl (C=O) groups excluding carboxylic acids is 3. The molecule has 0 aliphatic heterocycles. The first-order valence-electron chi connectivity index (χ1n) is 9.48. The predicted molar refractivity (Wildman–Crippen MR) is 110 cm³/mol. The van der Waals surface area contributed by atoms with Gasteiger partial charge < -0.3 is 20.1 Å². The lowest BCUT2D eigenvalue weighted by Crippen LogP contribution is -2.35. The monoisotopic (exact) mass is 398 g/mol. The number of rotatable bonds is 10. The summed E-state index contributed by atoms with van der Waals surface area (Å²) in [6, 6.07) is 14.9. The van der Waals surface area contributed by atoms with Gasteiger partial charge >= 0.3 is 5.97 Å². The maximum atomic E-state index is 12.0. The maximum absolute atomic E-state index is 12.0. The van der Waals surface area contributed by atoms with Crippen LogP contribution in [0.25, 0.3) is 0 Å². The lowest BCUT2D eigenvalue weighted by Gasteiger charge is -2.11. The van der Waals surface area contributed by atoms with Gasteiger partial charge in [-0.2, -0.15) is 0 Å². The molecular weight excluding hydrogens is 372 g/mol. The third-order valence-electron chi connectivity index (χ3n) is 4.14. The fourth-order valence-electron chi connectivity index (χ4n) is 2.56. The second-order valence-electron chi connectivity index (χ2n) is 6.36. The number of amides is 2. The van der Waals surface area contributed by atoms with Crippen molar-refractivity contribution in [1.29, 1.82) is 0 Å². The molecule has 0 aliphatic rings. The van der Waals surface area contributed by atoms with Crippen LogP contribution in [-0.4, -0.2) is 37.5 Å². The Morgan fingerprint density at radius 3 is 2.45 bits per heavy atom. The van der Waals surface area contributed by atoms with Gasteiger partial charge in [-0.1, -0.05) is 43.3 Å². The van der Waals surface area contributed by atoms with Crippen molar-refractivity contribution in [1.82, 2.24) is 5.32 Å². The number of hydrogen-bond donors (Lipinski definition) is 2. The molecule has 2 aromatic rings. The number of aryl methyl sites for hydroxylation is 2. The van der Waals surface area contributed by atoms with Gasteiger partial charge in [0.1, 0.15) is 5.75 Å². The SMILES string of the molecule is CCc1ccccc1NC(=O)CNC(=O)COC(=O)CCOc1ccccc1C. The predicted octanol–water partition coefficient (Wildman–Crippen LogP) is 2.62. The normalized spacial score (nSPS) is 10.1. The van der Waals surface area contributed by atoms with E-state index in [0.717, 1.165) is 17.5 Å². The second-order valence-corrected chi connectivity index (χ2v) is 6.36. The van der Waals surface area contributed by atoms with Crippen molar-refractivity contribution in [3.8, 4) is 5.75 Å². The molecule has 0 aliphatic carbocycles. The lowest BCUT2D eigenvalue weighted by molar-refractivity contribution is -0.149. The van der Waals surface area contributed by atoms with Crippen LogP contribution in [0.1, 0.15) is 24.5 Å². The van der Waals surface area contributed by atoms with Crippen LogP contribution in [0.3, 0.4) is 0 Å². The van der Waals surface area contributed by atoms with E-state index in [0.29, 0.717) is 11.4 Å². The minimum Gasteiger partial charge on any atom is -0.493 e. The molecule has 0 aromatic heterocycles. The zero-order chi connectivity index (χ0) is 21.1. The van der Waals surface area contributed by atoms with E-state index in [-0.39, 0.29) is 25.5 Å². The summed E-state index contributed by atoms with van der Waals surface area (Å²) in [6.07, 6.45) is 0.808. The molecule has 154 valence electrons. The zero-order valence-electron chi connectivity index (χ0n) is 16.7. The Hall–Kier alpha value is -3.35. The molecule has 0 spiro atoms.